The zero-order valence-corrected chi connectivity index (χ0v) is 14.7. The van der Waals surface area contributed by atoms with Crippen LogP contribution in [0.5, 0.6) is 0 Å². The van der Waals surface area contributed by atoms with Crippen LogP contribution in [0.1, 0.15) is 6.42 Å². The van der Waals surface area contributed by atoms with E-state index in [0.717, 1.165) is 27.1 Å². The van der Waals surface area contributed by atoms with Crippen LogP contribution < -0.4 is 5.32 Å². The molecule has 0 radical (unpaired) electrons. The van der Waals surface area contributed by atoms with Crippen LogP contribution in [0.15, 0.2) is 42.0 Å². The van der Waals surface area contributed by atoms with Crippen LogP contribution in [0.2, 0.25) is 0 Å². The van der Waals surface area contributed by atoms with Gasteiger partial charge in [0.15, 0.2) is 0 Å². The first-order valence-electron chi connectivity index (χ1n) is 7.46. The monoisotopic (exact) mass is 359 g/mol. The van der Waals surface area contributed by atoms with Crippen molar-refractivity contribution in [1.82, 2.24) is 9.97 Å². The molecule has 0 saturated carbocycles. The summed E-state index contributed by atoms with van der Waals surface area (Å²) in [4.78, 5) is 21.0. The van der Waals surface area contributed by atoms with Crippen molar-refractivity contribution in [2.75, 3.05) is 17.3 Å². The lowest BCUT2D eigenvalue weighted by atomic mass is 10.1. The van der Waals surface area contributed by atoms with Crippen molar-refractivity contribution in [3.8, 4) is 11.1 Å². The maximum Gasteiger partial charge on any atom is 0.326 e. The fourth-order valence-corrected chi connectivity index (χ4v) is 3.86. The molecule has 0 aliphatic heterocycles. The molecule has 0 spiro atoms. The largest absolute Gasteiger partial charge is 0.480 e. The fourth-order valence-electron chi connectivity index (χ4n) is 2.47. The zero-order valence-electron chi connectivity index (χ0n) is 13.1. The topological polar surface area (TPSA) is 75.1 Å². The van der Waals surface area contributed by atoms with Crippen molar-refractivity contribution >= 4 is 45.1 Å². The highest BCUT2D eigenvalue weighted by Gasteiger charge is 2.20. The third-order valence-electron chi connectivity index (χ3n) is 3.67. The van der Waals surface area contributed by atoms with Crippen LogP contribution in [-0.2, 0) is 4.79 Å². The van der Waals surface area contributed by atoms with E-state index in [1.54, 1.807) is 11.8 Å². The van der Waals surface area contributed by atoms with Crippen LogP contribution >= 0.6 is 23.1 Å². The summed E-state index contributed by atoms with van der Waals surface area (Å²) in [5, 5.41) is 15.5. The van der Waals surface area contributed by atoms with E-state index in [2.05, 4.69) is 15.3 Å². The Morgan fingerprint density at radius 2 is 2.12 bits per heavy atom. The number of thiophene rings is 1. The number of carbonyl (C=O) groups is 1. The molecular weight excluding hydrogens is 342 g/mol. The van der Waals surface area contributed by atoms with Crippen molar-refractivity contribution < 1.29 is 9.90 Å². The van der Waals surface area contributed by atoms with Gasteiger partial charge in [-0.2, -0.15) is 11.8 Å². The number of aliphatic carboxylic acids is 1. The number of rotatable bonds is 7. The van der Waals surface area contributed by atoms with Gasteiger partial charge in [0, 0.05) is 10.9 Å². The minimum atomic E-state index is -0.868. The smallest absolute Gasteiger partial charge is 0.326 e. The Morgan fingerprint density at radius 3 is 2.83 bits per heavy atom. The molecule has 2 heterocycles. The zero-order chi connectivity index (χ0) is 16.9. The Hall–Kier alpha value is -2.12. The minimum absolute atomic E-state index is 0.535. The summed E-state index contributed by atoms with van der Waals surface area (Å²) in [7, 11) is 0. The van der Waals surface area contributed by atoms with Crippen LogP contribution in [-0.4, -0.2) is 39.1 Å². The second-order valence-electron chi connectivity index (χ2n) is 5.23. The maximum absolute atomic E-state index is 11.5. The van der Waals surface area contributed by atoms with E-state index in [-0.39, 0.29) is 0 Å². The molecule has 0 amide bonds. The normalized spacial score (nSPS) is 12.2. The molecule has 1 atom stereocenters. The Morgan fingerprint density at radius 1 is 1.33 bits per heavy atom. The first-order chi connectivity index (χ1) is 11.7. The lowest BCUT2D eigenvalue weighted by molar-refractivity contribution is -0.137. The van der Waals surface area contributed by atoms with Gasteiger partial charge in [0.1, 0.15) is 23.0 Å². The van der Waals surface area contributed by atoms with E-state index < -0.39 is 12.0 Å². The average molecular weight is 359 g/mol. The van der Waals surface area contributed by atoms with Crippen LogP contribution in [0, 0.1) is 0 Å². The van der Waals surface area contributed by atoms with Gasteiger partial charge in [-0.25, -0.2) is 14.8 Å². The molecule has 124 valence electrons. The highest BCUT2D eigenvalue weighted by atomic mass is 32.2. The van der Waals surface area contributed by atoms with Crippen molar-refractivity contribution in [1.29, 1.82) is 0 Å². The number of thioether (sulfide) groups is 1. The molecule has 0 aliphatic rings. The van der Waals surface area contributed by atoms with Gasteiger partial charge < -0.3 is 10.4 Å². The number of aromatic nitrogens is 2. The third-order valence-corrected chi connectivity index (χ3v) is 5.21. The number of carboxylic acid groups (broad SMARTS) is 1. The molecule has 24 heavy (non-hydrogen) atoms. The Kier molecular flexibility index (Phi) is 5.32. The van der Waals surface area contributed by atoms with Crippen molar-refractivity contribution in [3.63, 3.8) is 0 Å². The molecule has 3 rings (SSSR count). The van der Waals surface area contributed by atoms with E-state index in [1.807, 2.05) is 42.0 Å². The second-order valence-corrected chi connectivity index (χ2v) is 7.08. The number of nitrogens with zero attached hydrogens (tertiary/aromatic N) is 2. The van der Waals surface area contributed by atoms with Gasteiger partial charge in [-0.1, -0.05) is 30.3 Å². The van der Waals surface area contributed by atoms with Gasteiger partial charge in [0.05, 0.1) is 5.39 Å². The predicted octanol–water partition coefficient (Wildman–Crippen LogP) is 3.98. The Bertz CT molecular complexity index is 836. The summed E-state index contributed by atoms with van der Waals surface area (Å²) >= 11 is 3.16. The molecule has 7 heteroatoms. The molecule has 5 nitrogen and oxygen atoms in total. The standard InChI is InChI=1S/C17H17N3O2S2/c1-23-8-7-13(17(21)22)20-15-14-12(11-5-3-2-4-6-11)9-24-16(14)19-10-18-15/h2-6,9-10,13H,7-8H2,1H3,(H,21,22)(H,18,19,20). The summed E-state index contributed by atoms with van der Waals surface area (Å²) in [6, 6.07) is 9.32. The molecule has 1 aromatic carbocycles. The average Bonchev–Trinajstić information content (AvgIpc) is 3.04. The summed E-state index contributed by atoms with van der Waals surface area (Å²) in [5.41, 5.74) is 2.09. The van der Waals surface area contributed by atoms with Gasteiger partial charge in [-0.05, 0) is 24.0 Å². The number of fused-ring (bicyclic) bond motifs is 1. The Labute approximate surface area is 148 Å². The van der Waals surface area contributed by atoms with Gasteiger partial charge in [-0.3, -0.25) is 0 Å². The predicted molar refractivity (Wildman–Crippen MR) is 101 cm³/mol. The summed E-state index contributed by atoms with van der Waals surface area (Å²) < 4.78 is 0. The lowest BCUT2D eigenvalue weighted by Crippen LogP contribution is -2.30. The van der Waals surface area contributed by atoms with Crippen molar-refractivity contribution in [2.24, 2.45) is 0 Å². The quantitative estimate of drug-likeness (QED) is 0.665. The van der Waals surface area contributed by atoms with E-state index in [0.29, 0.717) is 12.2 Å². The first-order valence-corrected chi connectivity index (χ1v) is 9.74. The number of hydrogen-bond acceptors (Lipinski definition) is 6. The SMILES string of the molecule is CSCCC(Nc1ncnc2scc(-c3ccccc3)c12)C(=O)O. The molecule has 2 aromatic heterocycles. The number of nitrogens with one attached hydrogen (secondary N) is 1. The van der Waals surface area contributed by atoms with Gasteiger partial charge >= 0.3 is 5.97 Å². The highest BCUT2D eigenvalue weighted by Crippen LogP contribution is 2.36. The number of hydrogen-bond donors (Lipinski definition) is 2. The van der Waals surface area contributed by atoms with Crippen LogP contribution in [0.3, 0.4) is 0 Å². The van der Waals surface area contributed by atoms with Gasteiger partial charge in [0.25, 0.3) is 0 Å². The summed E-state index contributed by atoms with van der Waals surface area (Å²) in [6.45, 7) is 0. The van der Waals surface area contributed by atoms with E-state index in [9.17, 15) is 9.90 Å². The second kappa shape index (κ2) is 7.63. The molecule has 0 bridgehead atoms. The minimum Gasteiger partial charge on any atom is -0.480 e. The molecule has 0 aliphatic carbocycles. The molecular formula is C17H17N3O2S2. The lowest BCUT2D eigenvalue weighted by Gasteiger charge is -2.15. The van der Waals surface area contributed by atoms with E-state index >= 15 is 0 Å². The van der Waals surface area contributed by atoms with Crippen LogP contribution in [0.4, 0.5) is 5.82 Å². The maximum atomic E-state index is 11.5. The molecule has 1 unspecified atom stereocenters. The van der Waals surface area contributed by atoms with Crippen molar-refractivity contribution in [3.05, 3.63) is 42.0 Å². The molecule has 3 aromatic rings. The summed E-state index contributed by atoms with van der Waals surface area (Å²) in [5.74, 6) is 0.480. The van der Waals surface area contributed by atoms with Gasteiger partial charge in [-0.15, -0.1) is 11.3 Å². The highest BCUT2D eigenvalue weighted by molar-refractivity contribution is 7.98. The number of benzene rings is 1. The molecule has 2 N–H and O–H groups in total. The van der Waals surface area contributed by atoms with E-state index in [1.165, 1.54) is 17.7 Å². The van der Waals surface area contributed by atoms with Crippen LogP contribution in [0.25, 0.3) is 21.3 Å². The van der Waals surface area contributed by atoms with E-state index in [4.69, 9.17) is 0 Å². The summed E-state index contributed by atoms with van der Waals surface area (Å²) in [6.07, 6.45) is 3.98. The molecule has 0 fully saturated rings. The number of carboxylic acids is 1. The molecule has 0 saturated heterocycles. The van der Waals surface area contributed by atoms with Gasteiger partial charge in [0.2, 0.25) is 0 Å². The number of anilines is 1. The van der Waals surface area contributed by atoms with Crippen molar-refractivity contribution in [2.45, 2.75) is 12.5 Å². The fraction of sp³-hybridized carbons (Fsp3) is 0.235. The third kappa shape index (κ3) is 3.52. The Balaban J connectivity index is 2.02. The first kappa shape index (κ1) is 16.7.